The van der Waals surface area contributed by atoms with Crippen LogP contribution in [0.15, 0.2) is 16.9 Å². The minimum atomic E-state index is -0.215. The molecule has 0 amide bonds. The molecule has 0 aliphatic carbocycles. The van der Waals surface area contributed by atoms with E-state index in [2.05, 4.69) is 9.97 Å². The average Bonchev–Trinajstić information content (AvgIpc) is 1.99. The highest BCUT2D eigenvalue weighted by molar-refractivity contribution is 7.71. The van der Waals surface area contributed by atoms with Crippen LogP contribution in [0.2, 0.25) is 0 Å². The molecule has 0 aliphatic rings. The molecule has 72 valence electrons. The van der Waals surface area contributed by atoms with Gasteiger partial charge in [0.15, 0.2) is 4.77 Å². The first kappa shape index (κ1) is 9.08. The van der Waals surface area contributed by atoms with Crippen molar-refractivity contribution in [1.82, 2.24) is 14.4 Å². The Morgan fingerprint density at radius 2 is 2.14 bits per heavy atom. The van der Waals surface area contributed by atoms with Gasteiger partial charge in [-0.25, -0.2) is 4.98 Å². The van der Waals surface area contributed by atoms with Crippen molar-refractivity contribution in [2.75, 3.05) is 0 Å². The van der Waals surface area contributed by atoms with Crippen LogP contribution in [0.4, 0.5) is 0 Å². The molecule has 0 saturated heterocycles. The van der Waals surface area contributed by atoms with E-state index in [-0.39, 0.29) is 5.56 Å². The lowest BCUT2D eigenvalue weighted by Gasteiger charge is -2.05. The monoisotopic (exact) mass is 207 g/mol. The number of H-pyrrole nitrogens is 1. The van der Waals surface area contributed by atoms with Crippen LogP contribution in [0.1, 0.15) is 11.4 Å². The zero-order chi connectivity index (χ0) is 10.3. The van der Waals surface area contributed by atoms with Crippen molar-refractivity contribution in [3.63, 3.8) is 0 Å². The molecular formula is C9H9N3OS. The Morgan fingerprint density at radius 1 is 1.43 bits per heavy atom. The summed E-state index contributed by atoms with van der Waals surface area (Å²) in [5.74, 6) is 0. The van der Waals surface area contributed by atoms with E-state index < -0.39 is 0 Å². The maximum absolute atomic E-state index is 11.2. The van der Waals surface area contributed by atoms with E-state index in [0.29, 0.717) is 10.4 Å². The van der Waals surface area contributed by atoms with Crippen molar-refractivity contribution in [2.24, 2.45) is 0 Å². The van der Waals surface area contributed by atoms with Crippen LogP contribution in [0.25, 0.3) is 5.65 Å². The summed E-state index contributed by atoms with van der Waals surface area (Å²) in [6.45, 7) is 3.81. The summed E-state index contributed by atoms with van der Waals surface area (Å²) in [7, 11) is 0. The smallest absolute Gasteiger partial charge is 0.253 e. The predicted octanol–water partition coefficient (Wildman–Crippen LogP) is 1.37. The van der Waals surface area contributed by atoms with Crippen LogP contribution in [0, 0.1) is 18.6 Å². The molecule has 1 N–H and O–H groups in total. The van der Waals surface area contributed by atoms with E-state index in [1.54, 1.807) is 4.40 Å². The summed E-state index contributed by atoms with van der Waals surface area (Å²) in [6, 6.07) is 3.36. The maximum atomic E-state index is 11.2. The van der Waals surface area contributed by atoms with Crippen molar-refractivity contribution >= 4 is 17.9 Å². The summed E-state index contributed by atoms with van der Waals surface area (Å²) >= 11 is 5.04. The predicted molar refractivity (Wildman–Crippen MR) is 56.1 cm³/mol. The molecule has 0 fully saturated rings. The molecule has 2 aromatic heterocycles. The molecule has 2 rings (SSSR count). The molecule has 4 nitrogen and oxygen atoms in total. The van der Waals surface area contributed by atoms with Crippen LogP contribution < -0.4 is 5.56 Å². The number of hydrogen-bond acceptors (Lipinski definition) is 3. The van der Waals surface area contributed by atoms with E-state index in [4.69, 9.17) is 12.2 Å². The van der Waals surface area contributed by atoms with Crippen LogP contribution >= 0.6 is 12.2 Å². The molecule has 2 heterocycles. The molecule has 0 spiro atoms. The van der Waals surface area contributed by atoms with Gasteiger partial charge >= 0.3 is 0 Å². The molecule has 0 radical (unpaired) electrons. The van der Waals surface area contributed by atoms with E-state index in [1.807, 2.05) is 19.9 Å². The molecule has 2 aromatic rings. The highest BCUT2D eigenvalue weighted by atomic mass is 32.1. The van der Waals surface area contributed by atoms with E-state index in [0.717, 1.165) is 11.4 Å². The zero-order valence-corrected chi connectivity index (χ0v) is 8.68. The van der Waals surface area contributed by atoms with Crippen molar-refractivity contribution in [1.29, 1.82) is 0 Å². The molecule has 14 heavy (non-hydrogen) atoms. The van der Waals surface area contributed by atoms with Gasteiger partial charge in [-0.3, -0.25) is 14.2 Å². The first-order valence-electron chi connectivity index (χ1n) is 4.18. The molecule has 0 bridgehead atoms. The second-order valence-electron chi connectivity index (χ2n) is 3.17. The Hall–Kier alpha value is -1.49. The minimum Gasteiger partial charge on any atom is -0.299 e. The fraction of sp³-hybridized carbons (Fsp3) is 0.222. The molecule has 0 unspecified atom stereocenters. The quantitative estimate of drug-likeness (QED) is 0.664. The molecule has 0 atom stereocenters. The fourth-order valence-electron chi connectivity index (χ4n) is 1.49. The SMILES string of the molecule is Cc1cc(C)n2c(=S)[nH]c(=O)cc2n1. The summed E-state index contributed by atoms with van der Waals surface area (Å²) in [4.78, 5) is 17.9. The van der Waals surface area contributed by atoms with Crippen molar-refractivity contribution in [3.05, 3.63) is 38.6 Å². The Labute approximate surface area is 85.2 Å². The van der Waals surface area contributed by atoms with Crippen molar-refractivity contribution < 1.29 is 0 Å². The summed E-state index contributed by atoms with van der Waals surface area (Å²) in [5.41, 5.74) is 2.22. The molecular weight excluding hydrogens is 198 g/mol. The minimum absolute atomic E-state index is 0.215. The van der Waals surface area contributed by atoms with Gasteiger partial charge < -0.3 is 0 Å². The third kappa shape index (κ3) is 1.35. The van der Waals surface area contributed by atoms with Gasteiger partial charge in [0.25, 0.3) is 5.56 Å². The van der Waals surface area contributed by atoms with Gasteiger partial charge in [-0.15, -0.1) is 0 Å². The van der Waals surface area contributed by atoms with Gasteiger partial charge in [-0.05, 0) is 32.1 Å². The number of aryl methyl sites for hydroxylation is 2. The van der Waals surface area contributed by atoms with Gasteiger partial charge in [-0.1, -0.05) is 0 Å². The number of nitrogens with zero attached hydrogens (tertiary/aromatic N) is 2. The molecule has 0 saturated carbocycles. The van der Waals surface area contributed by atoms with Crippen LogP contribution in [0.5, 0.6) is 0 Å². The standard InChI is InChI=1S/C9H9N3OS/c1-5-3-6(2)12-7(10-5)4-8(13)11-9(12)14/h3-4H,1-2H3,(H,11,13,14). The first-order chi connectivity index (χ1) is 6.58. The molecule has 0 aromatic carbocycles. The largest absolute Gasteiger partial charge is 0.299 e. The second-order valence-corrected chi connectivity index (χ2v) is 3.56. The van der Waals surface area contributed by atoms with Crippen LogP contribution in [-0.4, -0.2) is 14.4 Å². The number of aromatic amines is 1. The Kier molecular flexibility index (Phi) is 1.96. The number of aromatic nitrogens is 3. The topological polar surface area (TPSA) is 50.2 Å². The lowest BCUT2D eigenvalue weighted by Crippen LogP contribution is -2.11. The van der Waals surface area contributed by atoms with E-state index >= 15 is 0 Å². The highest BCUT2D eigenvalue weighted by Crippen LogP contribution is 2.04. The van der Waals surface area contributed by atoms with Gasteiger partial charge in [0.2, 0.25) is 0 Å². The van der Waals surface area contributed by atoms with Crippen LogP contribution in [-0.2, 0) is 0 Å². The van der Waals surface area contributed by atoms with Crippen molar-refractivity contribution in [2.45, 2.75) is 13.8 Å². The summed E-state index contributed by atoms with van der Waals surface area (Å²) < 4.78 is 2.13. The molecule has 5 heteroatoms. The average molecular weight is 207 g/mol. The summed E-state index contributed by atoms with van der Waals surface area (Å²) in [6.07, 6.45) is 0. The number of hydrogen-bond donors (Lipinski definition) is 1. The Morgan fingerprint density at radius 3 is 2.86 bits per heavy atom. The number of rotatable bonds is 0. The number of nitrogens with one attached hydrogen (secondary N) is 1. The highest BCUT2D eigenvalue weighted by Gasteiger charge is 2.00. The summed E-state index contributed by atoms with van der Waals surface area (Å²) in [5, 5.41) is 0. The first-order valence-corrected chi connectivity index (χ1v) is 4.59. The van der Waals surface area contributed by atoms with Gasteiger partial charge in [0, 0.05) is 17.5 Å². The third-order valence-electron chi connectivity index (χ3n) is 1.98. The van der Waals surface area contributed by atoms with Crippen molar-refractivity contribution in [3.8, 4) is 0 Å². The van der Waals surface area contributed by atoms with E-state index in [9.17, 15) is 4.79 Å². The van der Waals surface area contributed by atoms with Gasteiger partial charge in [0.05, 0.1) is 0 Å². The van der Waals surface area contributed by atoms with Gasteiger partial charge in [-0.2, -0.15) is 0 Å². The Balaban J connectivity index is 3.10. The lowest BCUT2D eigenvalue weighted by molar-refractivity contribution is 0.934. The maximum Gasteiger partial charge on any atom is 0.253 e. The number of fused-ring (bicyclic) bond motifs is 1. The van der Waals surface area contributed by atoms with Crippen LogP contribution in [0.3, 0.4) is 0 Å². The normalized spacial score (nSPS) is 10.7. The third-order valence-corrected chi connectivity index (χ3v) is 2.27. The zero-order valence-electron chi connectivity index (χ0n) is 7.87. The molecule has 0 aliphatic heterocycles. The lowest BCUT2D eigenvalue weighted by atomic mass is 10.3. The van der Waals surface area contributed by atoms with Gasteiger partial charge in [0.1, 0.15) is 5.65 Å². The fourth-order valence-corrected chi connectivity index (χ4v) is 1.82. The van der Waals surface area contributed by atoms with E-state index in [1.165, 1.54) is 6.07 Å². The second kappa shape index (κ2) is 3.02. The Bertz CT molecular complexity index is 611.